The van der Waals surface area contributed by atoms with E-state index in [1.54, 1.807) is 0 Å². The van der Waals surface area contributed by atoms with Gasteiger partial charge >= 0.3 is 0 Å². The lowest BCUT2D eigenvalue weighted by Gasteiger charge is -2.23. The van der Waals surface area contributed by atoms with Crippen LogP contribution in [0.1, 0.15) is 31.5 Å². The van der Waals surface area contributed by atoms with E-state index < -0.39 is 0 Å². The van der Waals surface area contributed by atoms with E-state index in [1.807, 2.05) is 23.5 Å². The van der Waals surface area contributed by atoms with Gasteiger partial charge in [-0.2, -0.15) is 16.9 Å². The molecule has 1 aliphatic heterocycles. The van der Waals surface area contributed by atoms with Crippen LogP contribution in [0.15, 0.2) is 0 Å². The van der Waals surface area contributed by atoms with Crippen molar-refractivity contribution in [2.45, 2.75) is 32.2 Å². The smallest absolute Gasteiger partial charge is 0.179 e. The first-order valence-corrected chi connectivity index (χ1v) is 8.02. The SMILES string of the molecule is CCc1nn(C)c2c1[nH]c(=S)n2C1CCCSC1. The maximum Gasteiger partial charge on any atom is 0.179 e. The summed E-state index contributed by atoms with van der Waals surface area (Å²) in [4.78, 5) is 3.35. The van der Waals surface area contributed by atoms with E-state index in [2.05, 4.69) is 21.6 Å². The zero-order chi connectivity index (χ0) is 12.7. The first-order valence-electron chi connectivity index (χ1n) is 6.46. The highest BCUT2D eigenvalue weighted by molar-refractivity contribution is 7.99. The van der Waals surface area contributed by atoms with Gasteiger partial charge in [0.2, 0.25) is 0 Å². The predicted octanol–water partition coefficient (Wildman–Crippen LogP) is 3.06. The summed E-state index contributed by atoms with van der Waals surface area (Å²) in [7, 11) is 2.01. The Balaban J connectivity index is 2.18. The van der Waals surface area contributed by atoms with Gasteiger partial charge in [-0.15, -0.1) is 0 Å². The lowest BCUT2D eigenvalue weighted by molar-refractivity contribution is 0.497. The Morgan fingerprint density at radius 3 is 3.06 bits per heavy atom. The molecule has 3 heterocycles. The van der Waals surface area contributed by atoms with Gasteiger partial charge in [-0.05, 0) is 37.2 Å². The van der Waals surface area contributed by atoms with Gasteiger partial charge in [0.25, 0.3) is 0 Å². The van der Waals surface area contributed by atoms with Crippen molar-refractivity contribution in [3.8, 4) is 0 Å². The molecule has 1 aliphatic rings. The molecule has 0 radical (unpaired) electrons. The predicted molar refractivity (Wildman–Crippen MR) is 78.9 cm³/mol. The number of imidazole rings is 1. The van der Waals surface area contributed by atoms with Crippen molar-refractivity contribution in [3.63, 3.8) is 0 Å². The highest BCUT2D eigenvalue weighted by Gasteiger charge is 2.22. The number of rotatable bonds is 2. The minimum absolute atomic E-state index is 0.519. The number of hydrogen-bond donors (Lipinski definition) is 1. The molecular weight excluding hydrogens is 264 g/mol. The normalized spacial score (nSPS) is 20.7. The summed E-state index contributed by atoms with van der Waals surface area (Å²) in [6.07, 6.45) is 3.44. The minimum atomic E-state index is 0.519. The maximum atomic E-state index is 5.51. The average Bonchev–Trinajstić information content (AvgIpc) is 2.87. The molecule has 1 saturated heterocycles. The number of nitrogens with zero attached hydrogens (tertiary/aromatic N) is 3. The molecule has 98 valence electrons. The summed E-state index contributed by atoms with van der Waals surface area (Å²) in [6.45, 7) is 2.13. The summed E-state index contributed by atoms with van der Waals surface area (Å²) >= 11 is 7.54. The van der Waals surface area contributed by atoms with Crippen LogP contribution in [-0.2, 0) is 13.5 Å². The Morgan fingerprint density at radius 2 is 2.39 bits per heavy atom. The van der Waals surface area contributed by atoms with E-state index in [-0.39, 0.29) is 0 Å². The van der Waals surface area contributed by atoms with Gasteiger partial charge in [0.05, 0.1) is 5.69 Å². The van der Waals surface area contributed by atoms with Gasteiger partial charge in [0, 0.05) is 18.8 Å². The molecule has 0 saturated carbocycles. The van der Waals surface area contributed by atoms with Crippen molar-refractivity contribution in [2.75, 3.05) is 11.5 Å². The number of aryl methyl sites for hydroxylation is 2. The van der Waals surface area contributed by atoms with Gasteiger partial charge in [0.15, 0.2) is 10.4 Å². The fourth-order valence-electron chi connectivity index (χ4n) is 2.75. The Bertz CT molecular complexity index is 616. The van der Waals surface area contributed by atoms with Crippen molar-refractivity contribution in [3.05, 3.63) is 10.5 Å². The Morgan fingerprint density at radius 1 is 1.56 bits per heavy atom. The van der Waals surface area contributed by atoms with E-state index in [4.69, 9.17) is 12.2 Å². The highest BCUT2D eigenvalue weighted by atomic mass is 32.2. The molecule has 2 aromatic rings. The molecule has 0 aliphatic carbocycles. The molecule has 1 N–H and O–H groups in total. The highest BCUT2D eigenvalue weighted by Crippen LogP contribution is 2.30. The van der Waals surface area contributed by atoms with Gasteiger partial charge in [-0.3, -0.25) is 9.25 Å². The molecule has 0 bridgehead atoms. The Kier molecular flexibility index (Phi) is 3.23. The van der Waals surface area contributed by atoms with Crippen LogP contribution in [0.3, 0.4) is 0 Å². The number of aromatic amines is 1. The van der Waals surface area contributed by atoms with Gasteiger partial charge in [-0.1, -0.05) is 6.92 Å². The van der Waals surface area contributed by atoms with Gasteiger partial charge < -0.3 is 4.98 Å². The minimum Gasteiger partial charge on any atom is -0.328 e. The van der Waals surface area contributed by atoms with Crippen LogP contribution in [0.4, 0.5) is 0 Å². The van der Waals surface area contributed by atoms with Crippen molar-refractivity contribution < 1.29 is 0 Å². The number of hydrogen-bond acceptors (Lipinski definition) is 3. The average molecular weight is 282 g/mol. The van der Waals surface area contributed by atoms with Crippen LogP contribution >= 0.6 is 24.0 Å². The second kappa shape index (κ2) is 4.74. The number of fused-ring (bicyclic) bond motifs is 1. The number of thioether (sulfide) groups is 1. The largest absolute Gasteiger partial charge is 0.328 e. The van der Waals surface area contributed by atoms with E-state index in [0.717, 1.165) is 33.8 Å². The molecular formula is C12H18N4S2. The third-order valence-corrected chi connectivity index (χ3v) is 5.10. The number of nitrogens with one attached hydrogen (secondary N) is 1. The summed E-state index contributed by atoms with van der Waals surface area (Å²) in [5.41, 5.74) is 3.39. The lowest BCUT2D eigenvalue weighted by atomic mass is 10.2. The first kappa shape index (κ1) is 12.3. The van der Waals surface area contributed by atoms with E-state index in [1.165, 1.54) is 18.6 Å². The molecule has 18 heavy (non-hydrogen) atoms. The molecule has 0 aromatic carbocycles. The monoisotopic (exact) mass is 282 g/mol. The summed E-state index contributed by atoms with van der Waals surface area (Å²) in [6, 6.07) is 0.519. The molecule has 3 rings (SSSR count). The van der Waals surface area contributed by atoms with Crippen LogP contribution < -0.4 is 0 Å². The quantitative estimate of drug-likeness (QED) is 0.860. The molecule has 6 heteroatoms. The van der Waals surface area contributed by atoms with Crippen molar-refractivity contribution in [1.29, 1.82) is 0 Å². The van der Waals surface area contributed by atoms with Crippen LogP contribution in [0.25, 0.3) is 11.2 Å². The molecule has 0 amide bonds. The molecule has 2 aromatic heterocycles. The van der Waals surface area contributed by atoms with Crippen LogP contribution in [0.2, 0.25) is 0 Å². The summed E-state index contributed by atoms with van der Waals surface area (Å²) < 4.78 is 5.10. The van der Waals surface area contributed by atoms with Crippen LogP contribution in [0.5, 0.6) is 0 Å². The number of H-pyrrole nitrogens is 1. The van der Waals surface area contributed by atoms with Crippen molar-refractivity contribution in [1.82, 2.24) is 19.3 Å². The third-order valence-electron chi connectivity index (χ3n) is 3.60. The molecule has 1 fully saturated rings. The molecule has 1 unspecified atom stereocenters. The first-order chi connectivity index (χ1) is 8.72. The van der Waals surface area contributed by atoms with Crippen molar-refractivity contribution >= 4 is 35.1 Å². The summed E-state index contributed by atoms with van der Waals surface area (Å²) in [5.74, 6) is 2.44. The third kappa shape index (κ3) is 1.82. The molecule has 1 atom stereocenters. The Hall–Kier alpha value is -0.750. The maximum absolute atomic E-state index is 5.51. The zero-order valence-electron chi connectivity index (χ0n) is 10.8. The van der Waals surface area contributed by atoms with Gasteiger partial charge in [-0.25, -0.2) is 0 Å². The fraction of sp³-hybridized carbons (Fsp3) is 0.667. The van der Waals surface area contributed by atoms with Gasteiger partial charge in [0.1, 0.15) is 5.52 Å². The lowest BCUT2D eigenvalue weighted by Crippen LogP contribution is -2.17. The Labute approximate surface area is 116 Å². The zero-order valence-corrected chi connectivity index (χ0v) is 12.4. The van der Waals surface area contributed by atoms with Crippen LogP contribution in [-0.4, -0.2) is 30.8 Å². The van der Waals surface area contributed by atoms with E-state index >= 15 is 0 Å². The molecule has 4 nitrogen and oxygen atoms in total. The van der Waals surface area contributed by atoms with E-state index in [0.29, 0.717) is 6.04 Å². The fourth-order valence-corrected chi connectivity index (χ4v) is 4.21. The van der Waals surface area contributed by atoms with Crippen molar-refractivity contribution in [2.24, 2.45) is 7.05 Å². The second-order valence-corrected chi connectivity index (χ2v) is 6.33. The van der Waals surface area contributed by atoms with Crippen LogP contribution in [0, 0.1) is 4.77 Å². The van der Waals surface area contributed by atoms with E-state index in [9.17, 15) is 0 Å². The molecule has 0 spiro atoms. The second-order valence-electron chi connectivity index (χ2n) is 4.79. The number of aromatic nitrogens is 4. The summed E-state index contributed by atoms with van der Waals surface area (Å²) in [5, 5.41) is 4.58. The standard InChI is InChI=1S/C12H18N4S2/c1-3-9-10-11(15(2)14-9)16(12(17)13-10)8-5-4-6-18-7-8/h8H,3-7H2,1-2H3,(H,13,17). The topological polar surface area (TPSA) is 38.5 Å².